The summed E-state index contributed by atoms with van der Waals surface area (Å²) in [6.07, 6.45) is 16.8. The molecule has 1 atom stereocenters. The zero-order valence-electron chi connectivity index (χ0n) is 20.4. The third kappa shape index (κ3) is 6.26. The van der Waals surface area contributed by atoms with Crippen LogP contribution >= 0.6 is 0 Å². The molecule has 0 N–H and O–H groups in total. The molecule has 0 aromatic heterocycles. The number of hydrogen-bond donors (Lipinski definition) is 0. The Bertz CT molecular complexity index is 914. The van der Waals surface area contributed by atoms with Crippen molar-refractivity contribution < 1.29 is 4.43 Å². The van der Waals surface area contributed by atoms with E-state index < -0.39 is 8.32 Å². The van der Waals surface area contributed by atoms with E-state index in [9.17, 15) is 0 Å². The van der Waals surface area contributed by atoms with Crippen LogP contribution in [0.15, 0.2) is 72.3 Å². The maximum atomic E-state index is 7.18. The van der Waals surface area contributed by atoms with Crippen molar-refractivity contribution in [3.63, 3.8) is 0 Å². The van der Waals surface area contributed by atoms with Crippen molar-refractivity contribution in [1.29, 1.82) is 0 Å². The minimum atomic E-state index is -2.58. The Kier molecular flexibility index (Phi) is 9.15. The highest BCUT2D eigenvalue weighted by molar-refractivity contribution is 6.99. The maximum Gasteiger partial charge on any atom is 0.261 e. The fraction of sp³-hybridized carbons (Fsp3) is 0.400. The van der Waals surface area contributed by atoms with Gasteiger partial charge < -0.3 is 4.43 Å². The van der Waals surface area contributed by atoms with Crippen LogP contribution in [0.4, 0.5) is 0 Å². The molecule has 2 rings (SSSR count). The van der Waals surface area contributed by atoms with Gasteiger partial charge in [0.05, 0.1) is 0 Å². The van der Waals surface area contributed by atoms with Gasteiger partial charge in [0, 0.05) is 24.9 Å². The van der Waals surface area contributed by atoms with E-state index in [1.807, 2.05) is 0 Å². The first-order valence-electron chi connectivity index (χ1n) is 11.5. The van der Waals surface area contributed by atoms with Crippen LogP contribution in [0.3, 0.4) is 0 Å². The van der Waals surface area contributed by atoms with Crippen LogP contribution in [0.1, 0.15) is 60.3 Å². The SMILES string of the molecule is C#CCC/C(C)=C/C[C@](C)(CC#C)CO[Si](c1ccccc1)(c1ccccc1)C(C)(C)C. The molecular weight excluding hydrogens is 404 g/mol. The van der Waals surface area contributed by atoms with Crippen molar-refractivity contribution in [3.05, 3.63) is 72.3 Å². The molecule has 0 fully saturated rings. The summed E-state index contributed by atoms with van der Waals surface area (Å²) in [6, 6.07) is 21.5. The number of hydrogen-bond acceptors (Lipinski definition) is 1. The lowest BCUT2D eigenvalue weighted by atomic mass is 9.84. The highest BCUT2D eigenvalue weighted by atomic mass is 28.4. The minimum Gasteiger partial charge on any atom is -0.407 e. The fourth-order valence-corrected chi connectivity index (χ4v) is 8.99. The molecule has 2 aromatic carbocycles. The second kappa shape index (κ2) is 11.4. The Morgan fingerprint density at radius 3 is 1.88 bits per heavy atom. The lowest BCUT2D eigenvalue weighted by Gasteiger charge is -2.45. The first kappa shape index (κ1) is 25.7. The van der Waals surface area contributed by atoms with Crippen LogP contribution in [-0.2, 0) is 4.43 Å². The van der Waals surface area contributed by atoms with Gasteiger partial charge >= 0.3 is 0 Å². The molecule has 0 radical (unpaired) electrons. The second-order valence-corrected chi connectivity index (χ2v) is 14.4. The zero-order valence-corrected chi connectivity index (χ0v) is 21.4. The quantitative estimate of drug-likeness (QED) is 0.237. The topological polar surface area (TPSA) is 9.23 Å². The first-order chi connectivity index (χ1) is 15.2. The first-order valence-corrected chi connectivity index (χ1v) is 13.4. The van der Waals surface area contributed by atoms with E-state index in [0.717, 1.165) is 19.3 Å². The van der Waals surface area contributed by atoms with Gasteiger partial charge in [0.25, 0.3) is 8.32 Å². The Hall–Kier alpha value is -2.52. The smallest absolute Gasteiger partial charge is 0.261 e. The van der Waals surface area contributed by atoms with Gasteiger partial charge in [-0.1, -0.05) is 100 Å². The standard InChI is InChI=1S/C30H38OSi/c1-8-10-17-26(3)22-24-30(7,23-9-2)25-31-32(29(4,5)6,27-18-13-11-14-19-27)28-20-15-12-16-21-28/h1-2,11-16,18-22H,10,17,23-25H2,3-7H3/b26-22+/t30-/m0/s1. The predicted molar refractivity (Wildman–Crippen MR) is 142 cm³/mol. The third-order valence-electron chi connectivity index (χ3n) is 6.19. The summed E-state index contributed by atoms with van der Waals surface area (Å²) in [4.78, 5) is 0. The molecule has 0 amide bonds. The number of benzene rings is 2. The Morgan fingerprint density at radius 2 is 1.44 bits per heavy atom. The zero-order chi connectivity index (χ0) is 23.7. The Balaban J connectivity index is 2.47. The maximum absolute atomic E-state index is 7.18. The van der Waals surface area contributed by atoms with E-state index in [0.29, 0.717) is 13.0 Å². The van der Waals surface area contributed by atoms with Crippen LogP contribution in [0.2, 0.25) is 5.04 Å². The van der Waals surface area contributed by atoms with E-state index in [-0.39, 0.29) is 10.5 Å². The molecule has 1 nitrogen and oxygen atoms in total. The molecule has 0 aliphatic carbocycles. The summed E-state index contributed by atoms with van der Waals surface area (Å²) in [5.41, 5.74) is 1.18. The summed E-state index contributed by atoms with van der Waals surface area (Å²) < 4.78 is 7.18. The van der Waals surface area contributed by atoms with Gasteiger partial charge in [0.15, 0.2) is 0 Å². The van der Waals surface area contributed by atoms with Crippen molar-refractivity contribution in [2.45, 2.75) is 65.3 Å². The average molecular weight is 443 g/mol. The van der Waals surface area contributed by atoms with Gasteiger partial charge in [-0.3, -0.25) is 0 Å². The van der Waals surface area contributed by atoms with Crippen LogP contribution in [0.5, 0.6) is 0 Å². The van der Waals surface area contributed by atoms with Gasteiger partial charge in [0.2, 0.25) is 0 Å². The lowest BCUT2D eigenvalue weighted by molar-refractivity contribution is 0.159. The number of rotatable bonds is 10. The van der Waals surface area contributed by atoms with Crippen molar-refractivity contribution in [1.82, 2.24) is 0 Å². The molecule has 0 bridgehead atoms. The molecule has 0 spiro atoms. The van der Waals surface area contributed by atoms with E-state index in [4.69, 9.17) is 17.3 Å². The molecule has 2 heteroatoms. The molecule has 32 heavy (non-hydrogen) atoms. The summed E-state index contributed by atoms with van der Waals surface area (Å²) in [5, 5.41) is 2.54. The van der Waals surface area contributed by atoms with Gasteiger partial charge in [-0.25, -0.2) is 0 Å². The number of terminal acetylenes is 2. The third-order valence-corrected chi connectivity index (χ3v) is 11.2. The van der Waals surface area contributed by atoms with Crippen LogP contribution in [0.25, 0.3) is 0 Å². The molecule has 0 unspecified atom stereocenters. The van der Waals surface area contributed by atoms with Crippen molar-refractivity contribution in [2.75, 3.05) is 6.61 Å². The molecule has 0 saturated carbocycles. The summed E-state index contributed by atoms with van der Waals surface area (Å²) in [6.45, 7) is 11.9. The van der Waals surface area contributed by atoms with E-state index in [1.54, 1.807) is 0 Å². The highest BCUT2D eigenvalue weighted by Gasteiger charge is 2.50. The normalized spacial score (nSPS) is 14.3. The van der Waals surface area contributed by atoms with E-state index in [1.165, 1.54) is 15.9 Å². The fourth-order valence-electron chi connectivity index (χ4n) is 4.26. The van der Waals surface area contributed by atoms with Crippen molar-refractivity contribution in [2.24, 2.45) is 5.41 Å². The molecule has 168 valence electrons. The molecular formula is C30H38OSi. The molecule has 0 saturated heterocycles. The summed E-state index contributed by atoms with van der Waals surface area (Å²) in [7, 11) is -2.58. The highest BCUT2D eigenvalue weighted by Crippen LogP contribution is 2.39. The monoisotopic (exact) mass is 442 g/mol. The largest absolute Gasteiger partial charge is 0.407 e. The van der Waals surface area contributed by atoms with Crippen LogP contribution < -0.4 is 10.4 Å². The van der Waals surface area contributed by atoms with Gasteiger partial charge in [-0.15, -0.1) is 24.7 Å². The van der Waals surface area contributed by atoms with Gasteiger partial charge in [-0.2, -0.15) is 0 Å². The van der Waals surface area contributed by atoms with Crippen molar-refractivity contribution >= 4 is 18.7 Å². The summed E-state index contributed by atoms with van der Waals surface area (Å²) in [5.74, 6) is 5.63. The molecule has 0 aliphatic heterocycles. The predicted octanol–water partition coefficient (Wildman–Crippen LogP) is 6.34. The summed E-state index contributed by atoms with van der Waals surface area (Å²) >= 11 is 0. The lowest BCUT2D eigenvalue weighted by Crippen LogP contribution is -2.67. The van der Waals surface area contributed by atoms with Crippen LogP contribution in [0, 0.1) is 30.1 Å². The Morgan fingerprint density at radius 1 is 0.906 bits per heavy atom. The minimum absolute atomic E-state index is 0.0503. The van der Waals surface area contributed by atoms with Gasteiger partial charge in [-0.05, 0) is 35.2 Å². The number of allylic oxidation sites excluding steroid dienone is 2. The average Bonchev–Trinajstić information content (AvgIpc) is 2.77. The van der Waals surface area contributed by atoms with E-state index >= 15 is 0 Å². The van der Waals surface area contributed by atoms with E-state index in [2.05, 4.69) is 113 Å². The molecule has 0 heterocycles. The second-order valence-electron chi connectivity index (χ2n) is 10.1. The molecule has 0 aliphatic rings. The Labute approximate surface area is 197 Å². The van der Waals surface area contributed by atoms with Gasteiger partial charge in [0.1, 0.15) is 0 Å². The van der Waals surface area contributed by atoms with Crippen molar-refractivity contribution in [3.8, 4) is 24.7 Å². The van der Waals surface area contributed by atoms with Crippen LogP contribution in [-0.4, -0.2) is 14.9 Å². The molecule has 2 aromatic rings.